The van der Waals surface area contributed by atoms with E-state index in [2.05, 4.69) is 33.4 Å². The molecule has 2 heterocycles. The van der Waals surface area contributed by atoms with Crippen LogP contribution in [0, 0.1) is 0 Å². The van der Waals surface area contributed by atoms with Gasteiger partial charge in [0, 0.05) is 28.4 Å². The lowest BCUT2D eigenvalue weighted by Gasteiger charge is -2.05. The normalized spacial score (nSPS) is 19.3. The van der Waals surface area contributed by atoms with Gasteiger partial charge in [-0.05, 0) is 25.0 Å². The molecule has 0 radical (unpaired) electrons. The second-order valence-electron chi connectivity index (χ2n) is 4.48. The van der Waals surface area contributed by atoms with Crippen molar-refractivity contribution in [3.63, 3.8) is 0 Å². The van der Waals surface area contributed by atoms with Crippen LogP contribution in [0.5, 0.6) is 0 Å². The zero-order chi connectivity index (χ0) is 12.4. The lowest BCUT2D eigenvalue weighted by Crippen LogP contribution is -2.08. The number of nitrogens with zero attached hydrogens (tertiary/aromatic N) is 1. The van der Waals surface area contributed by atoms with Crippen molar-refractivity contribution >= 4 is 27.3 Å². The molecule has 0 N–H and O–H groups in total. The van der Waals surface area contributed by atoms with E-state index >= 15 is 0 Å². The topological polar surface area (TPSA) is 22.1 Å². The number of ether oxygens (including phenoxy) is 1. The Morgan fingerprint density at radius 2 is 2.39 bits per heavy atom. The van der Waals surface area contributed by atoms with Gasteiger partial charge in [0.25, 0.3) is 0 Å². The van der Waals surface area contributed by atoms with Gasteiger partial charge in [0.05, 0.1) is 16.8 Å². The number of rotatable bonds is 3. The predicted octanol–water partition coefficient (Wildman–Crippen LogP) is 4.29. The maximum atomic E-state index is 5.65. The zero-order valence-corrected chi connectivity index (χ0v) is 12.3. The molecule has 0 bridgehead atoms. The Morgan fingerprint density at radius 1 is 1.44 bits per heavy atom. The summed E-state index contributed by atoms with van der Waals surface area (Å²) in [4.78, 5) is 4.70. The van der Waals surface area contributed by atoms with Crippen LogP contribution in [0.1, 0.15) is 17.8 Å². The SMILES string of the molecule is Brc1cccc(-c2csc(CC3CCCO3)n2)c1. The Hall–Kier alpha value is -0.710. The molecule has 0 amide bonds. The Bertz CT molecular complexity index is 534. The van der Waals surface area contributed by atoms with Crippen LogP contribution in [0.2, 0.25) is 0 Å². The molecule has 0 aliphatic carbocycles. The first kappa shape index (κ1) is 12.3. The fourth-order valence-corrected chi connectivity index (χ4v) is 3.45. The van der Waals surface area contributed by atoms with Crippen molar-refractivity contribution in [1.82, 2.24) is 4.98 Å². The molecule has 1 aromatic carbocycles. The van der Waals surface area contributed by atoms with Gasteiger partial charge in [-0.2, -0.15) is 0 Å². The van der Waals surface area contributed by atoms with Crippen LogP contribution in [0.15, 0.2) is 34.1 Å². The molecule has 2 nitrogen and oxygen atoms in total. The summed E-state index contributed by atoms with van der Waals surface area (Å²) in [6, 6.07) is 8.27. The molecule has 4 heteroatoms. The number of aromatic nitrogens is 1. The van der Waals surface area contributed by atoms with Gasteiger partial charge in [-0.1, -0.05) is 28.1 Å². The lowest BCUT2D eigenvalue weighted by atomic mass is 10.2. The van der Waals surface area contributed by atoms with Gasteiger partial charge in [-0.25, -0.2) is 4.98 Å². The quantitative estimate of drug-likeness (QED) is 0.840. The first-order chi connectivity index (χ1) is 8.81. The lowest BCUT2D eigenvalue weighted by molar-refractivity contribution is 0.111. The molecule has 1 saturated heterocycles. The minimum atomic E-state index is 0.381. The number of hydrogen-bond acceptors (Lipinski definition) is 3. The van der Waals surface area contributed by atoms with Crippen LogP contribution in [-0.2, 0) is 11.2 Å². The van der Waals surface area contributed by atoms with Gasteiger partial charge in [0.2, 0.25) is 0 Å². The Labute approximate surface area is 119 Å². The van der Waals surface area contributed by atoms with Crippen LogP contribution in [0.4, 0.5) is 0 Å². The maximum absolute atomic E-state index is 5.65. The van der Waals surface area contributed by atoms with Gasteiger partial charge in [0.15, 0.2) is 0 Å². The smallest absolute Gasteiger partial charge is 0.0958 e. The highest BCUT2D eigenvalue weighted by Gasteiger charge is 2.17. The average Bonchev–Trinajstić information content (AvgIpc) is 3.01. The molecule has 94 valence electrons. The highest BCUT2D eigenvalue weighted by Crippen LogP contribution is 2.26. The van der Waals surface area contributed by atoms with Gasteiger partial charge in [-0.3, -0.25) is 0 Å². The largest absolute Gasteiger partial charge is 0.378 e. The molecule has 1 aliphatic rings. The summed E-state index contributed by atoms with van der Waals surface area (Å²) in [5, 5.41) is 3.31. The minimum Gasteiger partial charge on any atom is -0.378 e. The Morgan fingerprint density at radius 3 is 3.17 bits per heavy atom. The van der Waals surface area contributed by atoms with Gasteiger partial charge < -0.3 is 4.74 Å². The van der Waals surface area contributed by atoms with Crippen molar-refractivity contribution < 1.29 is 4.74 Å². The van der Waals surface area contributed by atoms with E-state index in [1.165, 1.54) is 23.4 Å². The summed E-state index contributed by atoms with van der Waals surface area (Å²) in [7, 11) is 0. The summed E-state index contributed by atoms with van der Waals surface area (Å²) in [6.07, 6.45) is 3.70. The van der Waals surface area contributed by atoms with E-state index in [0.29, 0.717) is 6.10 Å². The number of thiazole rings is 1. The first-order valence-corrected chi connectivity index (χ1v) is 7.80. The highest BCUT2D eigenvalue weighted by molar-refractivity contribution is 9.10. The highest BCUT2D eigenvalue weighted by atomic mass is 79.9. The van der Waals surface area contributed by atoms with E-state index in [1.54, 1.807) is 11.3 Å². The molecule has 18 heavy (non-hydrogen) atoms. The molecule has 1 fully saturated rings. The van der Waals surface area contributed by atoms with Gasteiger partial charge in [-0.15, -0.1) is 11.3 Å². The van der Waals surface area contributed by atoms with Crippen molar-refractivity contribution in [3.05, 3.63) is 39.1 Å². The molecule has 0 spiro atoms. The Balaban J connectivity index is 1.76. The van der Waals surface area contributed by atoms with Crippen molar-refractivity contribution in [3.8, 4) is 11.3 Å². The van der Waals surface area contributed by atoms with Crippen LogP contribution >= 0.6 is 27.3 Å². The summed E-state index contributed by atoms with van der Waals surface area (Å²) < 4.78 is 6.74. The number of benzene rings is 1. The van der Waals surface area contributed by atoms with E-state index in [4.69, 9.17) is 9.72 Å². The van der Waals surface area contributed by atoms with E-state index in [-0.39, 0.29) is 0 Å². The van der Waals surface area contributed by atoms with E-state index in [0.717, 1.165) is 23.2 Å². The molecule has 1 unspecified atom stereocenters. The molecule has 3 rings (SSSR count). The van der Waals surface area contributed by atoms with Crippen molar-refractivity contribution in [2.45, 2.75) is 25.4 Å². The summed E-state index contributed by atoms with van der Waals surface area (Å²) >= 11 is 5.22. The summed E-state index contributed by atoms with van der Waals surface area (Å²) in [5.41, 5.74) is 2.23. The van der Waals surface area contributed by atoms with E-state index < -0.39 is 0 Å². The molecule has 1 atom stereocenters. The van der Waals surface area contributed by atoms with Crippen LogP contribution in [0.3, 0.4) is 0 Å². The third-order valence-corrected chi connectivity index (χ3v) is 4.46. The van der Waals surface area contributed by atoms with E-state index in [1.807, 2.05) is 12.1 Å². The second-order valence-corrected chi connectivity index (χ2v) is 6.33. The number of halogens is 1. The zero-order valence-electron chi connectivity index (χ0n) is 9.93. The van der Waals surface area contributed by atoms with Crippen LogP contribution in [-0.4, -0.2) is 17.7 Å². The van der Waals surface area contributed by atoms with Crippen molar-refractivity contribution in [1.29, 1.82) is 0 Å². The minimum absolute atomic E-state index is 0.381. The van der Waals surface area contributed by atoms with Crippen molar-refractivity contribution in [2.24, 2.45) is 0 Å². The summed E-state index contributed by atoms with van der Waals surface area (Å²) in [6.45, 7) is 0.911. The third kappa shape index (κ3) is 2.82. The fraction of sp³-hybridized carbons (Fsp3) is 0.357. The molecular weight excluding hydrogens is 310 g/mol. The fourth-order valence-electron chi connectivity index (χ4n) is 2.19. The average molecular weight is 324 g/mol. The molecule has 1 aromatic heterocycles. The predicted molar refractivity (Wildman–Crippen MR) is 77.9 cm³/mol. The number of hydrogen-bond donors (Lipinski definition) is 0. The standard InChI is InChI=1S/C14H14BrNOS/c15-11-4-1-3-10(7-11)13-9-18-14(16-13)8-12-5-2-6-17-12/h1,3-4,7,9,12H,2,5-6,8H2. The monoisotopic (exact) mass is 323 g/mol. The van der Waals surface area contributed by atoms with Gasteiger partial charge in [0.1, 0.15) is 0 Å². The molecule has 0 saturated carbocycles. The van der Waals surface area contributed by atoms with E-state index in [9.17, 15) is 0 Å². The van der Waals surface area contributed by atoms with Crippen LogP contribution < -0.4 is 0 Å². The van der Waals surface area contributed by atoms with Crippen molar-refractivity contribution in [2.75, 3.05) is 6.61 Å². The van der Waals surface area contributed by atoms with Crippen LogP contribution in [0.25, 0.3) is 11.3 Å². The first-order valence-electron chi connectivity index (χ1n) is 6.13. The summed E-state index contributed by atoms with van der Waals surface area (Å²) in [5.74, 6) is 0. The third-order valence-electron chi connectivity index (χ3n) is 3.10. The van der Waals surface area contributed by atoms with Gasteiger partial charge >= 0.3 is 0 Å². The second kappa shape index (κ2) is 5.51. The molecule has 1 aliphatic heterocycles. The maximum Gasteiger partial charge on any atom is 0.0958 e. The Kier molecular flexibility index (Phi) is 3.77. The molecular formula is C14H14BrNOS. The molecule has 2 aromatic rings.